The number of piperidine rings is 1. The number of likely N-dealkylation sites (tertiary alicyclic amines) is 1. The van der Waals surface area contributed by atoms with Crippen LogP contribution in [0.3, 0.4) is 0 Å². The molecule has 0 radical (unpaired) electrons. The van der Waals surface area contributed by atoms with Crippen molar-refractivity contribution in [2.75, 3.05) is 63.8 Å². The van der Waals surface area contributed by atoms with Gasteiger partial charge in [0.25, 0.3) is 0 Å². The van der Waals surface area contributed by atoms with Gasteiger partial charge in [0, 0.05) is 58.6 Å². The van der Waals surface area contributed by atoms with Crippen molar-refractivity contribution in [2.45, 2.75) is 12.8 Å². The van der Waals surface area contributed by atoms with Crippen molar-refractivity contribution in [3.8, 4) is 0 Å². The highest BCUT2D eigenvalue weighted by Crippen LogP contribution is 2.19. The minimum Gasteiger partial charge on any atom is -0.354 e. The van der Waals surface area contributed by atoms with E-state index in [0.717, 1.165) is 51.0 Å². The molecule has 3 rings (SSSR count). The number of hydrogen-bond acceptors (Lipinski definition) is 5. The van der Waals surface area contributed by atoms with E-state index in [1.54, 1.807) is 0 Å². The summed E-state index contributed by atoms with van der Waals surface area (Å²) >= 11 is 0. The summed E-state index contributed by atoms with van der Waals surface area (Å²) in [5.74, 6) is 1.94. The molecule has 1 aromatic rings. The van der Waals surface area contributed by atoms with E-state index in [0.29, 0.717) is 0 Å². The second-order valence-electron chi connectivity index (χ2n) is 6.57. The van der Waals surface area contributed by atoms with Crippen LogP contribution >= 0.6 is 24.8 Å². The third-order valence-electron chi connectivity index (χ3n) is 4.91. The molecule has 1 atom stereocenters. The van der Waals surface area contributed by atoms with Crippen molar-refractivity contribution in [3.05, 3.63) is 24.4 Å². The van der Waals surface area contributed by atoms with E-state index in [9.17, 15) is 0 Å². The first-order valence-corrected chi connectivity index (χ1v) is 8.66. The Bertz CT molecular complexity index is 438. The quantitative estimate of drug-likeness (QED) is 0.848. The van der Waals surface area contributed by atoms with Gasteiger partial charge in [0.05, 0.1) is 0 Å². The summed E-state index contributed by atoms with van der Waals surface area (Å²) in [6, 6.07) is 6.17. The van der Waals surface area contributed by atoms with Crippen molar-refractivity contribution in [2.24, 2.45) is 11.7 Å². The fourth-order valence-electron chi connectivity index (χ4n) is 3.75. The van der Waals surface area contributed by atoms with Crippen LogP contribution in [-0.4, -0.2) is 73.7 Å². The molecule has 2 aliphatic rings. The SMILES string of the molecule is Cl.Cl.NCCN1CCCC(CN2CCN(c3ccccn3)CC2)C1. The lowest BCUT2D eigenvalue weighted by Gasteiger charge is -2.39. The van der Waals surface area contributed by atoms with Crippen LogP contribution in [0.15, 0.2) is 24.4 Å². The molecule has 1 aromatic heterocycles. The molecule has 2 N–H and O–H groups in total. The Balaban J connectivity index is 0.00000144. The largest absolute Gasteiger partial charge is 0.354 e. The maximum atomic E-state index is 5.70. The minimum absolute atomic E-state index is 0. The molecule has 0 spiro atoms. The normalized spacial score (nSPS) is 22.5. The van der Waals surface area contributed by atoms with Crippen LogP contribution in [0, 0.1) is 5.92 Å². The molecule has 0 bridgehead atoms. The molecule has 2 saturated heterocycles. The highest BCUT2D eigenvalue weighted by atomic mass is 35.5. The standard InChI is InChI=1S/C17H29N5.2ClH/c18-6-9-20-8-3-4-16(14-20)15-21-10-12-22(13-11-21)17-5-1-2-7-19-17;;/h1-2,5,7,16H,3-4,6,8-15,18H2;2*1H. The Morgan fingerprint density at radius 2 is 1.83 bits per heavy atom. The smallest absolute Gasteiger partial charge is 0.128 e. The first kappa shape index (κ1) is 21.5. The molecule has 5 nitrogen and oxygen atoms in total. The molecular weight excluding hydrogens is 345 g/mol. The van der Waals surface area contributed by atoms with Crippen LogP contribution in [0.25, 0.3) is 0 Å². The maximum Gasteiger partial charge on any atom is 0.128 e. The summed E-state index contributed by atoms with van der Waals surface area (Å²) in [6.07, 6.45) is 4.59. The summed E-state index contributed by atoms with van der Waals surface area (Å²) in [5, 5.41) is 0. The van der Waals surface area contributed by atoms with E-state index in [-0.39, 0.29) is 24.8 Å². The lowest BCUT2D eigenvalue weighted by Crippen LogP contribution is -2.50. The van der Waals surface area contributed by atoms with Gasteiger partial charge in [-0.3, -0.25) is 4.90 Å². The van der Waals surface area contributed by atoms with E-state index >= 15 is 0 Å². The van der Waals surface area contributed by atoms with Gasteiger partial charge >= 0.3 is 0 Å². The van der Waals surface area contributed by atoms with Gasteiger partial charge < -0.3 is 15.5 Å². The maximum absolute atomic E-state index is 5.70. The van der Waals surface area contributed by atoms with E-state index < -0.39 is 0 Å². The van der Waals surface area contributed by atoms with Crippen molar-refractivity contribution < 1.29 is 0 Å². The Hall–Kier alpha value is -0.590. The Morgan fingerprint density at radius 3 is 2.50 bits per heavy atom. The summed E-state index contributed by atoms with van der Waals surface area (Å²) in [4.78, 5) is 12.0. The van der Waals surface area contributed by atoms with Crippen LogP contribution in [0.5, 0.6) is 0 Å². The number of halogens is 2. The molecule has 0 amide bonds. The van der Waals surface area contributed by atoms with E-state index in [1.807, 2.05) is 12.3 Å². The molecular formula is C17H31Cl2N5. The molecule has 2 fully saturated rings. The van der Waals surface area contributed by atoms with Gasteiger partial charge in [0.15, 0.2) is 0 Å². The zero-order chi connectivity index (χ0) is 15.2. The van der Waals surface area contributed by atoms with Crippen LogP contribution in [0.1, 0.15) is 12.8 Å². The third kappa shape index (κ3) is 6.05. The first-order valence-electron chi connectivity index (χ1n) is 8.66. The fraction of sp³-hybridized carbons (Fsp3) is 0.706. The third-order valence-corrected chi connectivity index (χ3v) is 4.91. The molecule has 1 unspecified atom stereocenters. The Morgan fingerprint density at radius 1 is 1.04 bits per heavy atom. The fourth-order valence-corrected chi connectivity index (χ4v) is 3.75. The molecule has 138 valence electrons. The van der Waals surface area contributed by atoms with Crippen molar-refractivity contribution >= 4 is 30.6 Å². The number of pyridine rings is 1. The number of aromatic nitrogens is 1. The second kappa shape index (κ2) is 11.1. The highest BCUT2D eigenvalue weighted by molar-refractivity contribution is 5.85. The predicted molar refractivity (Wildman–Crippen MR) is 106 cm³/mol. The van der Waals surface area contributed by atoms with Crippen molar-refractivity contribution in [1.82, 2.24) is 14.8 Å². The van der Waals surface area contributed by atoms with Crippen LogP contribution in [0.4, 0.5) is 5.82 Å². The summed E-state index contributed by atoms with van der Waals surface area (Å²) in [7, 11) is 0. The average molecular weight is 376 g/mol. The van der Waals surface area contributed by atoms with Gasteiger partial charge in [0.1, 0.15) is 5.82 Å². The van der Waals surface area contributed by atoms with E-state index in [2.05, 4.69) is 31.8 Å². The minimum atomic E-state index is 0. The Kier molecular flexibility index (Phi) is 9.93. The summed E-state index contributed by atoms with van der Waals surface area (Å²) in [6.45, 7) is 10.1. The van der Waals surface area contributed by atoms with Gasteiger partial charge in [-0.1, -0.05) is 6.07 Å². The van der Waals surface area contributed by atoms with E-state index in [4.69, 9.17) is 5.73 Å². The summed E-state index contributed by atoms with van der Waals surface area (Å²) < 4.78 is 0. The highest BCUT2D eigenvalue weighted by Gasteiger charge is 2.24. The average Bonchev–Trinajstić information content (AvgIpc) is 2.57. The summed E-state index contributed by atoms with van der Waals surface area (Å²) in [5.41, 5.74) is 5.70. The molecule has 0 aliphatic carbocycles. The van der Waals surface area contributed by atoms with Gasteiger partial charge in [-0.2, -0.15) is 0 Å². The molecule has 3 heterocycles. The number of nitrogens with two attached hydrogens (primary N) is 1. The van der Waals surface area contributed by atoms with Gasteiger partial charge in [0.2, 0.25) is 0 Å². The number of nitrogens with zero attached hydrogens (tertiary/aromatic N) is 4. The first-order chi connectivity index (χ1) is 10.8. The van der Waals surface area contributed by atoms with Gasteiger partial charge in [-0.25, -0.2) is 4.98 Å². The predicted octanol–water partition coefficient (Wildman–Crippen LogP) is 1.72. The van der Waals surface area contributed by atoms with Crippen LogP contribution in [-0.2, 0) is 0 Å². The molecule has 2 aliphatic heterocycles. The molecule has 7 heteroatoms. The van der Waals surface area contributed by atoms with Crippen LogP contribution < -0.4 is 10.6 Å². The topological polar surface area (TPSA) is 48.6 Å². The van der Waals surface area contributed by atoms with Gasteiger partial charge in [-0.15, -0.1) is 24.8 Å². The Labute approximate surface area is 158 Å². The lowest BCUT2D eigenvalue weighted by atomic mass is 9.97. The number of hydrogen-bond donors (Lipinski definition) is 1. The number of rotatable bonds is 5. The number of anilines is 1. The second-order valence-corrected chi connectivity index (χ2v) is 6.57. The monoisotopic (exact) mass is 375 g/mol. The van der Waals surface area contributed by atoms with Crippen LogP contribution in [0.2, 0.25) is 0 Å². The number of piperazine rings is 1. The van der Waals surface area contributed by atoms with Gasteiger partial charge in [-0.05, 0) is 37.4 Å². The van der Waals surface area contributed by atoms with Crippen molar-refractivity contribution in [1.29, 1.82) is 0 Å². The molecule has 0 saturated carbocycles. The molecule has 24 heavy (non-hydrogen) atoms. The lowest BCUT2D eigenvalue weighted by molar-refractivity contribution is 0.132. The molecule has 0 aromatic carbocycles. The zero-order valence-electron chi connectivity index (χ0n) is 14.3. The van der Waals surface area contributed by atoms with Crippen molar-refractivity contribution in [3.63, 3.8) is 0 Å². The zero-order valence-corrected chi connectivity index (χ0v) is 16.0. The van der Waals surface area contributed by atoms with E-state index in [1.165, 1.54) is 32.5 Å².